The standard InChI is InChI=1S/C23H20N2O4/c1-15(26)25-9-8-20(14-25)29-23-7-3-16(11-21(23)27)2-5-19-12-18-10-17(13-24)4-6-22(18)28-19/h2-7,10-12,20,27H,8-9,14H2,1H3/b5-2+/t20-/m0/s1. The van der Waals surface area contributed by atoms with Crippen molar-refractivity contribution in [1.29, 1.82) is 5.26 Å². The SMILES string of the molecule is CC(=O)N1CC[C@H](Oc2ccc(/C=C/c3cc4cc(C#N)ccc4o3)cc2O)C1. The number of likely N-dealkylation sites (tertiary alicyclic amines) is 1. The van der Waals surface area contributed by atoms with Gasteiger partial charge in [0.15, 0.2) is 11.5 Å². The van der Waals surface area contributed by atoms with Crippen molar-refractivity contribution >= 4 is 29.0 Å². The number of ether oxygens (including phenoxy) is 1. The lowest BCUT2D eigenvalue weighted by Crippen LogP contribution is -2.28. The molecule has 29 heavy (non-hydrogen) atoms. The summed E-state index contributed by atoms with van der Waals surface area (Å²) in [6.07, 6.45) is 4.28. The number of fused-ring (bicyclic) bond motifs is 1. The predicted molar refractivity (Wildman–Crippen MR) is 109 cm³/mol. The molecule has 0 spiro atoms. The molecule has 0 aliphatic carbocycles. The van der Waals surface area contributed by atoms with E-state index < -0.39 is 0 Å². The second-order valence-electron chi connectivity index (χ2n) is 7.07. The number of nitrogens with zero attached hydrogens (tertiary/aromatic N) is 2. The van der Waals surface area contributed by atoms with E-state index in [1.165, 1.54) is 0 Å². The summed E-state index contributed by atoms with van der Waals surface area (Å²) in [5.41, 5.74) is 2.10. The molecule has 0 radical (unpaired) electrons. The molecule has 1 amide bonds. The van der Waals surface area contributed by atoms with Crippen molar-refractivity contribution in [1.82, 2.24) is 4.90 Å². The largest absolute Gasteiger partial charge is 0.504 e. The molecule has 3 aromatic rings. The molecule has 6 heteroatoms. The smallest absolute Gasteiger partial charge is 0.219 e. The first-order valence-electron chi connectivity index (χ1n) is 9.39. The Morgan fingerprint density at radius 2 is 2.14 bits per heavy atom. The second kappa shape index (κ2) is 7.72. The van der Waals surface area contributed by atoms with Gasteiger partial charge in [-0.15, -0.1) is 0 Å². The van der Waals surface area contributed by atoms with Gasteiger partial charge in [-0.1, -0.05) is 12.1 Å². The molecule has 1 aromatic heterocycles. The van der Waals surface area contributed by atoms with Gasteiger partial charge in [-0.05, 0) is 48.0 Å². The minimum absolute atomic E-state index is 0.0373. The highest BCUT2D eigenvalue weighted by Gasteiger charge is 2.26. The molecule has 1 saturated heterocycles. The highest BCUT2D eigenvalue weighted by Crippen LogP contribution is 2.30. The molecule has 0 bridgehead atoms. The second-order valence-corrected chi connectivity index (χ2v) is 7.07. The number of carbonyl (C=O) groups excluding carboxylic acids is 1. The zero-order chi connectivity index (χ0) is 20.4. The first-order valence-corrected chi connectivity index (χ1v) is 9.39. The Morgan fingerprint density at radius 1 is 1.28 bits per heavy atom. The van der Waals surface area contributed by atoms with Gasteiger partial charge in [0.1, 0.15) is 17.4 Å². The van der Waals surface area contributed by atoms with Gasteiger partial charge in [0.25, 0.3) is 0 Å². The summed E-state index contributed by atoms with van der Waals surface area (Å²) in [5.74, 6) is 1.16. The van der Waals surface area contributed by atoms with Crippen molar-refractivity contribution in [2.45, 2.75) is 19.4 Å². The van der Waals surface area contributed by atoms with Crippen molar-refractivity contribution in [3.8, 4) is 17.6 Å². The van der Waals surface area contributed by atoms with Crippen LogP contribution in [0.25, 0.3) is 23.1 Å². The van der Waals surface area contributed by atoms with Crippen LogP contribution in [-0.4, -0.2) is 35.1 Å². The van der Waals surface area contributed by atoms with E-state index in [-0.39, 0.29) is 17.8 Å². The number of phenolic OH excluding ortho intramolecular Hbond substituents is 1. The Balaban J connectivity index is 1.45. The maximum atomic E-state index is 11.4. The van der Waals surface area contributed by atoms with Crippen LogP contribution in [0.15, 0.2) is 46.9 Å². The zero-order valence-electron chi connectivity index (χ0n) is 16.0. The van der Waals surface area contributed by atoms with E-state index in [0.717, 1.165) is 17.4 Å². The van der Waals surface area contributed by atoms with Crippen LogP contribution in [0, 0.1) is 11.3 Å². The topological polar surface area (TPSA) is 86.7 Å². The monoisotopic (exact) mass is 388 g/mol. The molecule has 1 fully saturated rings. The lowest BCUT2D eigenvalue weighted by atomic mass is 10.1. The summed E-state index contributed by atoms with van der Waals surface area (Å²) in [7, 11) is 0. The minimum atomic E-state index is -0.111. The van der Waals surface area contributed by atoms with Crippen LogP contribution in [0.5, 0.6) is 11.5 Å². The number of carbonyl (C=O) groups is 1. The van der Waals surface area contributed by atoms with E-state index in [4.69, 9.17) is 14.4 Å². The van der Waals surface area contributed by atoms with Crippen LogP contribution in [-0.2, 0) is 4.79 Å². The molecule has 0 saturated carbocycles. The number of hydrogen-bond acceptors (Lipinski definition) is 5. The number of hydrogen-bond donors (Lipinski definition) is 1. The average Bonchev–Trinajstić information content (AvgIpc) is 3.34. The molecular weight excluding hydrogens is 368 g/mol. The van der Waals surface area contributed by atoms with Crippen molar-refractivity contribution in [3.63, 3.8) is 0 Å². The molecule has 1 N–H and O–H groups in total. The van der Waals surface area contributed by atoms with Crippen LogP contribution in [0.3, 0.4) is 0 Å². The van der Waals surface area contributed by atoms with Crippen molar-refractivity contribution < 1.29 is 19.1 Å². The molecule has 2 aromatic carbocycles. The molecule has 4 rings (SSSR count). The molecule has 0 unspecified atom stereocenters. The molecule has 1 atom stereocenters. The number of aromatic hydroxyl groups is 1. The zero-order valence-corrected chi connectivity index (χ0v) is 16.0. The summed E-state index contributed by atoms with van der Waals surface area (Å²) in [6.45, 7) is 2.76. The fraction of sp³-hybridized carbons (Fsp3) is 0.217. The molecule has 1 aliphatic heterocycles. The van der Waals surface area contributed by atoms with E-state index in [1.54, 1.807) is 42.2 Å². The van der Waals surface area contributed by atoms with Crippen LogP contribution in [0.2, 0.25) is 0 Å². The highest BCUT2D eigenvalue weighted by atomic mass is 16.5. The number of furan rings is 1. The third-order valence-electron chi connectivity index (χ3n) is 4.97. The van der Waals surface area contributed by atoms with E-state index >= 15 is 0 Å². The fourth-order valence-corrected chi connectivity index (χ4v) is 3.42. The Hall–Kier alpha value is -3.72. The highest BCUT2D eigenvalue weighted by molar-refractivity contribution is 5.83. The number of phenols is 1. The summed E-state index contributed by atoms with van der Waals surface area (Å²) in [6, 6.07) is 14.5. The van der Waals surface area contributed by atoms with Gasteiger partial charge in [0.2, 0.25) is 5.91 Å². The normalized spacial score (nSPS) is 16.4. The molecule has 1 aliphatic rings. The van der Waals surface area contributed by atoms with Gasteiger partial charge in [-0.25, -0.2) is 0 Å². The van der Waals surface area contributed by atoms with Crippen molar-refractivity contribution in [2.24, 2.45) is 0 Å². The van der Waals surface area contributed by atoms with Gasteiger partial charge in [-0.3, -0.25) is 4.79 Å². The Kier molecular flexibility index (Phi) is 4.96. The van der Waals surface area contributed by atoms with Gasteiger partial charge in [0, 0.05) is 25.3 Å². The van der Waals surface area contributed by atoms with Crippen LogP contribution < -0.4 is 4.74 Å². The number of rotatable bonds is 4. The summed E-state index contributed by atoms with van der Waals surface area (Å²) >= 11 is 0. The Morgan fingerprint density at radius 3 is 2.86 bits per heavy atom. The van der Waals surface area contributed by atoms with Crippen molar-refractivity contribution in [2.75, 3.05) is 13.1 Å². The van der Waals surface area contributed by atoms with E-state index in [1.807, 2.05) is 24.3 Å². The Bertz CT molecular complexity index is 1140. The Labute approximate surface area is 168 Å². The number of benzene rings is 2. The van der Waals surface area contributed by atoms with E-state index in [2.05, 4.69) is 6.07 Å². The van der Waals surface area contributed by atoms with Crippen molar-refractivity contribution in [3.05, 3.63) is 59.4 Å². The molecule has 146 valence electrons. The van der Waals surface area contributed by atoms with E-state index in [9.17, 15) is 9.90 Å². The van der Waals surface area contributed by atoms with E-state index in [0.29, 0.717) is 35.7 Å². The van der Waals surface area contributed by atoms with Gasteiger partial charge >= 0.3 is 0 Å². The maximum absolute atomic E-state index is 11.4. The molecular formula is C23H20N2O4. The first kappa shape index (κ1) is 18.6. The number of nitriles is 1. The number of amides is 1. The average molecular weight is 388 g/mol. The third kappa shape index (κ3) is 4.09. The van der Waals surface area contributed by atoms with Gasteiger partial charge in [-0.2, -0.15) is 5.26 Å². The lowest BCUT2D eigenvalue weighted by Gasteiger charge is -2.16. The third-order valence-corrected chi connectivity index (χ3v) is 4.97. The molecule has 2 heterocycles. The van der Waals surface area contributed by atoms with Crippen LogP contribution >= 0.6 is 0 Å². The van der Waals surface area contributed by atoms with Gasteiger partial charge in [0.05, 0.1) is 18.2 Å². The maximum Gasteiger partial charge on any atom is 0.219 e. The quantitative estimate of drug-likeness (QED) is 0.724. The van der Waals surface area contributed by atoms with Crippen LogP contribution in [0.4, 0.5) is 0 Å². The molecule has 6 nitrogen and oxygen atoms in total. The fourth-order valence-electron chi connectivity index (χ4n) is 3.42. The lowest BCUT2D eigenvalue weighted by molar-refractivity contribution is -0.128. The minimum Gasteiger partial charge on any atom is -0.504 e. The summed E-state index contributed by atoms with van der Waals surface area (Å²) in [4.78, 5) is 13.2. The summed E-state index contributed by atoms with van der Waals surface area (Å²) in [5, 5.41) is 20.2. The first-order chi connectivity index (χ1) is 14.0. The van der Waals surface area contributed by atoms with Crippen LogP contribution in [0.1, 0.15) is 30.2 Å². The van der Waals surface area contributed by atoms with Gasteiger partial charge < -0.3 is 19.2 Å². The summed E-state index contributed by atoms with van der Waals surface area (Å²) < 4.78 is 11.6. The predicted octanol–water partition coefficient (Wildman–Crippen LogP) is 4.18.